The standard InChI is InChI=1S/C10H19NO3/c1-11-5-3-4-10(7-11,8-14-2)6-9(12)13/h3-8H2,1-2H3,(H,12,13). The second kappa shape index (κ2) is 4.75. The zero-order valence-corrected chi connectivity index (χ0v) is 8.95. The summed E-state index contributed by atoms with van der Waals surface area (Å²) in [7, 11) is 3.67. The zero-order chi connectivity index (χ0) is 10.6. The molecule has 0 aliphatic carbocycles. The van der Waals surface area contributed by atoms with Gasteiger partial charge in [-0.2, -0.15) is 0 Å². The molecule has 0 aromatic rings. The second-order valence-electron chi connectivity index (χ2n) is 4.34. The highest BCUT2D eigenvalue weighted by molar-refractivity contribution is 5.67. The summed E-state index contributed by atoms with van der Waals surface area (Å²) in [6.45, 7) is 2.43. The van der Waals surface area contributed by atoms with Gasteiger partial charge in [0.05, 0.1) is 13.0 Å². The van der Waals surface area contributed by atoms with Crippen LogP contribution in [0.25, 0.3) is 0 Å². The van der Waals surface area contributed by atoms with Gasteiger partial charge in [0.15, 0.2) is 0 Å². The first-order chi connectivity index (χ1) is 6.58. The number of carbonyl (C=O) groups is 1. The molecule has 1 unspecified atom stereocenters. The van der Waals surface area contributed by atoms with E-state index in [4.69, 9.17) is 9.84 Å². The van der Waals surface area contributed by atoms with Crippen molar-refractivity contribution in [2.45, 2.75) is 19.3 Å². The molecule has 1 N–H and O–H groups in total. The zero-order valence-electron chi connectivity index (χ0n) is 8.95. The van der Waals surface area contributed by atoms with E-state index in [-0.39, 0.29) is 11.8 Å². The predicted molar refractivity (Wildman–Crippen MR) is 53.3 cm³/mol. The van der Waals surface area contributed by atoms with Crippen LogP contribution in [-0.2, 0) is 9.53 Å². The van der Waals surface area contributed by atoms with Gasteiger partial charge < -0.3 is 14.7 Å². The fourth-order valence-corrected chi connectivity index (χ4v) is 2.39. The second-order valence-corrected chi connectivity index (χ2v) is 4.34. The first-order valence-corrected chi connectivity index (χ1v) is 4.97. The third-order valence-electron chi connectivity index (χ3n) is 2.83. The summed E-state index contributed by atoms with van der Waals surface area (Å²) in [4.78, 5) is 13.0. The molecule has 1 aliphatic rings. The van der Waals surface area contributed by atoms with Crippen molar-refractivity contribution in [1.82, 2.24) is 4.90 Å². The van der Waals surface area contributed by atoms with Gasteiger partial charge in [0.2, 0.25) is 0 Å². The Labute approximate surface area is 84.8 Å². The van der Waals surface area contributed by atoms with Crippen molar-refractivity contribution < 1.29 is 14.6 Å². The summed E-state index contributed by atoms with van der Waals surface area (Å²) in [5, 5.41) is 8.87. The number of likely N-dealkylation sites (tertiary alicyclic amines) is 1. The van der Waals surface area contributed by atoms with Crippen molar-refractivity contribution in [3.8, 4) is 0 Å². The maximum atomic E-state index is 10.8. The Morgan fingerprint density at radius 1 is 1.64 bits per heavy atom. The van der Waals surface area contributed by atoms with Crippen LogP contribution in [0, 0.1) is 5.41 Å². The molecule has 0 spiro atoms. The normalized spacial score (nSPS) is 29.0. The molecule has 0 aromatic carbocycles. The molecule has 0 radical (unpaired) electrons. The van der Waals surface area contributed by atoms with Gasteiger partial charge in [-0.25, -0.2) is 0 Å². The molecule has 1 rings (SSSR count). The average Bonchev–Trinajstić information content (AvgIpc) is 2.02. The largest absolute Gasteiger partial charge is 0.481 e. The molecule has 1 saturated heterocycles. The third kappa shape index (κ3) is 2.96. The van der Waals surface area contributed by atoms with E-state index in [9.17, 15) is 4.79 Å². The maximum Gasteiger partial charge on any atom is 0.304 e. The molecule has 1 fully saturated rings. The van der Waals surface area contributed by atoms with Crippen LogP contribution in [0.3, 0.4) is 0 Å². The smallest absolute Gasteiger partial charge is 0.304 e. The van der Waals surface area contributed by atoms with E-state index in [1.54, 1.807) is 7.11 Å². The Hall–Kier alpha value is -0.610. The Kier molecular flexibility index (Phi) is 3.89. The van der Waals surface area contributed by atoms with Gasteiger partial charge in [-0.1, -0.05) is 0 Å². The van der Waals surface area contributed by atoms with Crippen molar-refractivity contribution in [3.63, 3.8) is 0 Å². The van der Waals surface area contributed by atoms with Gasteiger partial charge in [-0.3, -0.25) is 4.79 Å². The molecule has 82 valence electrons. The fourth-order valence-electron chi connectivity index (χ4n) is 2.39. The minimum Gasteiger partial charge on any atom is -0.481 e. The molecule has 1 heterocycles. The molecule has 14 heavy (non-hydrogen) atoms. The third-order valence-corrected chi connectivity index (χ3v) is 2.83. The molecule has 0 aromatic heterocycles. The van der Waals surface area contributed by atoms with Crippen molar-refractivity contribution in [3.05, 3.63) is 0 Å². The van der Waals surface area contributed by atoms with Crippen LogP contribution in [0.15, 0.2) is 0 Å². The lowest BCUT2D eigenvalue weighted by Crippen LogP contribution is -2.45. The van der Waals surface area contributed by atoms with Gasteiger partial charge in [0.25, 0.3) is 0 Å². The van der Waals surface area contributed by atoms with E-state index in [1.165, 1.54) is 0 Å². The predicted octanol–water partition coefficient (Wildman–Crippen LogP) is 0.820. The summed E-state index contributed by atoms with van der Waals surface area (Å²) < 4.78 is 5.14. The van der Waals surface area contributed by atoms with Crippen LogP contribution in [0.4, 0.5) is 0 Å². The van der Waals surface area contributed by atoms with Crippen molar-refractivity contribution in [2.75, 3.05) is 33.9 Å². The molecular formula is C10H19NO3. The molecule has 0 saturated carbocycles. The molecule has 4 heteroatoms. The number of ether oxygens (including phenoxy) is 1. The monoisotopic (exact) mass is 201 g/mol. The Bertz CT molecular complexity index is 204. The molecule has 0 bridgehead atoms. The van der Waals surface area contributed by atoms with Crippen LogP contribution in [-0.4, -0.2) is 49.8 Å². The van der Waals surface area contributed by atoms with Crippen molar-refractivity contribution in [1.29, 1.82) is 0 Å². The first kappa shape index (κ1) is 11.5. The molecule has 4 nitrogen and oxygen atoms in total. The van der Waals surface area contributed by atoms with Crippen LogP contribution < -0.4 is 0 Å². The fraction of sp³-hybridized carbons (Fsp3) is 0.900. The highest BCUT2D eigenvalue weighted by Gasteiger charge is 2.36. The summed E-state index contributed by atoms with van der Waals surface area (Å²) in [6.07, 6.45) is 2.23. The van der Waals surface area contributed by atoms with Crippen LogP contribution >= 0.6 is 0 Å². The van der Waals surface area contributed by atoms with E-state index in [1.807, 2.05) is 7.05 Å². The van der Waals surface area contributed by atoms with E-state index >= 15 is 0 Å². The highest BCUT2D eigenvalue weighted by Crippen LogP contribution is 2.33. The lowest BCUT2D eigenvalue weighted by Gasteiger charge is -2.40. The summed E-state index contributed by atoms with van der Waals surface area (Å²) >= 11 is 0. The number of carboxylic acids is 1. The minimum atomic E-state index is -0.725. The van der Waals surface area contributed by atoms with E-state index in [0.717, 1.165) is 25.9 Å². The maximum absolute atomic E-state index is 10.8. The quantitative estimate of drug-likeness (QED) is 0.731. The number of piperidine rings is 1. The summed E-state index contributed by atoms with van der Waals surface area (Å²) in [5.41, 5.74) is -0.173. The Morgan fingerprint density at radius 2 is 2.36 bits per heavy atom. The van der Waals surface area contributed by atoms with Gasteiger partial charge in [-0.05, 0) is 26.4 Å². The molecule has 1 aliphatic heterocycles. The van der Waals surface area contributed by atoms with Crippen LogP contribution in [0.1, 0.15) is 19.3 Å². The molecule has 1 atom stereocenters. The number of hydrogen-bond acceptors (Lipinski definition) is 3. The van der Waals surface area contributed by atoms with E-state index < -0.39 is 5.97 Å². The van der Waals surface area contributed by atoms with E-state index in [0.29, 0.717) is 6.61 Å². The Morgan fingerprint density at radius 3 is 2.86 bits per heavy atom. The van der Waals surface area contributed by atoms with Gasteiger partial charge in [0.1, 0.15) is 0 Å². The average molecular weight is 201 g/mol. The van der Waals surface area contributed by atoms with Gasteiger partial charge >= 0.3 is 5.97 Å². The minimum absolute atomic E-state index is 0.173. The number of hydrogen-bond donors (Lipinski definition) is 1. The summed E-state index contributed by atoms with van der Waals surface area (Å²) in [6, 6.07) is 0. The van der Waals surface area contributed by atoms with Crippen LogP contribution in [0.5, 0.6) is 0 Å². The molecule has 0 amide bonds. The number of nitrogens with zero attached hydrogens (tertiary/aromatic N) is 1. The van der Waals surface area contributed by atoms with Crippen molar-refractivity contribution in [2.24, 2.45) is 5.41 Å². The van der Waals surface area contributed by atoms with Gasteiger partial charge in [0, 0.05) is 19.1 Å². The first-order valence-electron chi connectivity index (χ1n) is 4.97. The van der Waals surface area contributed by atoms with E-state index in [2.05, 4.69) is 4.90 Å². The lowest BCUT2D eigenvalue weighted by molar-refractivity contribution is -0.142. The molecular weight excluding hydrogens is 182 g/mol. The van der Waals surface area contributed by atoms with Crippen LogP contribution in [0.2, 0.25) is 0 Å². The Balaban J connectivity index is 2.64. The van der Waals surface area contributed by atoms with Crippen molar-refractivity contribution >= 4 is 5.97 Å². The number of aliphatic carboxylic acids is 1. The topological polar surface area (TPSA) is 49.8 Å². The number of carboxylic acid groups (broad SMARTS) is 1. The SMILES string of the molecule is COCC1(CC(=O)O)CCCN(C)C1. The summed E-state index contributed by atoms with van der Waals surface area (Å²) in [5.74, 6) is -0.725. The highest BCUT2D eigenvalue weighted by atomic mass is 16.5. The lowest BCUT2D eigenvalue weighted by atomic mass is 9.78. The number of methoxy groups -OCH3 is 1. The number of rotatable bonds is 4. The van der Waals surface area contributed by atoms with Gasteiger partial charge in [-0.15, -0.1) is 0 Å².